The Morgan fingerprint density at radius 3 is 2.55 bits per heavy atom. The summed E-state index contributed by atoms with van der Waals surface area (Å²) in [5.41, 5.74) is 14.2. The molecular weight excluding hydrogens is 378 g/mol. The van der Waals surface area contributed by atoms with Gasteiger partial charge in [-0.1, -0.05) is 12.1 Å². The van der Waals surface area contributed by atoms with Gasteiger partial charge in [0.25, 0.3) is 0 Å². The Morgan fingerprint density at radius 1 is 1.10 bits per heavy atom. The molecule has 0 spiro atoms. The van der Waals surface area contributed by atoms with E-state index in [2.05, 4.69) is 20.3 Å². The maximum atomic E-state index is 10.3. The average molecular weight is 401 g/mol. The number of nitrogen functional groups attached to an aromatic ring is 2. The Morgan fingerprint density at radius 2 is 1.86 bits per heavy atom. The molecule has 4 rings (SSSR count). The lowest BCUT2D eigenvalue weighted by Gasteiger charge is -2.16. The molecule has 3 heterocycles. The van der Waals surface area contributed by atoms with Gasteiger partial charge < -0.3 is 36.8 Å². The van der Waals surface area contributed by atoms with Crippen molar-refractivity contribution in [1.82, 2.24) is 19.5 Å². The zero-order chi connectivity index (χ0) is 20.5. The lowest BCUT2D eigenvalue weighted by Crippen LogP contribution is -2.33. The predicted octanol–water partition coefficient (Wildman–Crippen LogP) is -0.743. The number of aliphatic hydroxyl groups is 3. The van der Waals surface area contributed by atoms with E-state index in [1.807, 2.05) is 24.3 Å². The standard InChI is InChI=1S/C18H23N7O4/c19-10-3-1-9(2-4-10)5-6-21-15-12-16(24-18(20)23-15)25(8-22-12)17-14(28)13(27)11(7-26)29-17/h1-4,8,11,13-14,17,26-28H,5-7,19H2,(H3,20,21,23,24)/t11-,13-,14-,17-/m1/s1. The van der Waals surface area contributed by atoms with Crippen molar-refractivity contribution in [2.75, 3.05) is 29.9 Å². The molecule has 0 saturated carbocycles. The number of aliphatic hydroxyl groups excluding tert-OH is 3. The lowest BCUT2D eigenvalue weighted by atomic mass is 10.1. The van der Waals surface area contributed by atoms with Crippen molar-refractivity contribution in [3.63, 3.8) is 0 Å². The molecule has 1 aliphatic heterocycles. The highest BCUT2D eigenvalue weighted by Crippen LogP contribution is 2.32. The second kappa shape index (κ2) is 7.79. The van der Waals surface area contributed by atoms with Crippen LogP contribution in [0.4, 0.5) is 17.5 Å². The molecule has 0 aliphatic carbocycles. The number of fused-ring (bicyclic) bond motifs is 1. The molecule has 1 fully saturated rings. The third-order valence-electron chi connectivity index (χ3n) is 4.92. The number of nitrogens with two attached hydrogens (primary N) is 2. The van der Waals surface area contributed by atoms with Gasteiger partial charge in [0.15, 0.2) is 23.2 Å². The second-order valence-electron chi connectivity index (χ2n) is 6.90. The minimum Gasteiger partial charge on any atom is -0.399 e. The third kappa shape index (κ3) is 3.68. The molecule has 29 heavy (non-hydrogen) atoms. The quantitative estimate of drug-likeness (QED) is 0.288. The van der Waals surface area contributed by atoms with E-state index in [4.69, 9.17) is 16.2 Å². The van der Waals surface area contributed by atoms with Crippen molar-refractivity contribution in [2.24, 2.45) is 0 Å². The SMILES string of the molecule is Nc1ccc(CCNc2nc(N)nc3c2ncn3[C@@H]2O[C@H](CO)[C@@H](O)[C@H]2O)cc1. The van der Waals surface area contributed by atoms with Crippen LogP contribution in [0.1, 0.15) is 11.8 Å². The number of benzene rings is 1. The molecule has 154 valence electrons. The van der Waals surface area contributed by atoms with Gasteiger partial charge in [0.05, 0.1) is 12.9 Å². The van der Waals surface area contributed by atoms with Crippen LogP contribution < -0.4 is 16.8 Å². The molecule has 1 saturated heterocycles. The summed E-state index contributed by atoms with van der Waals surface area (Å²) in [4.78, 5) is 12.7. The molecule has 3 aromatic rings. The molecule has 1 aliphatic rings. The molecule has 0 bridgehead atoms. The van der Waals surface area contributed by atoms with E-state index in [9.17, 15) is 15.3 Å². The summed E-state index contributed by atoms with van der Waals surface area (Å²) in [5, 5.41) is 32.8. The van der Waals surface area contributed by atoms with Gasteiger partial charge in [0.1, 0.15) is 18.3 Å². The fraction of sp³-hybridized carbons (Fsp3) is 0.389. The summed E-state index contributed by atoms with van der Waals surface area (Å²) in [6.07, 6.45) is -2.15. The van der Waals surface area contributed by atoms with Crippen molar-refractivity contribution in [3.05, 3.63) is 36.2 Å². The number of nitrogens with one attached hydrogen (secondary N) is 1. The molecule has 11 heteroatoms. The summed E-state index contributed by atoms with van der Waals surface area (Å²) < 4.78 is 7.03. The van der Waals surface area contributed by atoms with E-state index >= 15 is 0 Å². The molecule has 8 N–H and O–H groups in total. The molecule has 0 amide bonds. The highest BCUT2D eigenvalue weighted by atomic mass is 16.6. The van der Waals surface area contributed by atoms with Crippen molar-refractivity contribution < 1.29 is 20.1 Å². The van der Waals surface area contributed by atoms with Crippen LogP contribution in [-0.2, 0) is 11.2 Å². The number of aromatic nitrogens is 4. The maximum absolute atomic E-state index is 10.3. The van der Waals surface area contributed by atoms with Crippen LogP contribution in [-0.4, -0.2) is 66.3 Å². The first-order valence-electron chi connectivity index (χ1n) is 9.18. The van der Waals surface area contributed by atoms with Gasteiger partial charge in [-0.15, -0.1) is 0 Å². The summed E-state index contributed by atoms with van der Waals surface area (Å²) in [5.74, 6) is 0.481. The highest BCUT2D eigenvalue weighted by Gasteiger charge is 2.44. The van der Waals surface area contributed by atoms with Crippen molar-refractivity contribution in [3.8, 4) is 0 Å². The van der Waals surface area contributed by atoms with E-state index in [0.29, 0.717) is 29.2 Å². The monoisotopic (exact) mass is 401 g/mol. The Labute approximate surface area is 166 Å². The van der Waals surface area contributed by atoms with Crippen LogP contribution in [0.25, 0.3) is 11.2 Å². The Kier molecular flexibility index (Phi) is 5.20. The zero-order valence-corrected chi connectivity index (χ0v) is 15.5. The van der Waals surface area contributed by atoms with Crippen LogP contribution >= 0.6 is 0 Å². The van der Waals surface area contributed by atoms with Gasteiger partial charge >= 0.3 is 0 Å². The molecule has 0 radical (unpaired) electrons. The molecule has 1 aromatic carbocycles. The van der Waals surface area contributed by atoms with E-state index in [1.54, 1.807) is 0 Å². The first kappa shape index (κ1) is 19.3. The summed E-state index contributed by atoms with van der Waals surface area (Å²) in [7, 11) is 0. The van der Waals surface area contributed by atoms with E-state index in [0.717, 1.165) is 12.0 Å². The van der Waals surface area contributed by atoms with Crippen LogP contribution in [0, 0.1) is 0 Å². The van der Waals surface area contributed by atoms with Crippen LogP contribution in [0.5, 0.6) is 0 Å². The van der Waals surface area contributed by atoms with Crippen molar-refractivity contribution >= 4 is 28.6 Å². The maximum Gasteiger partial charge on any atom is 0.224 e. The van der Waals surface area contributed by atoms with Crippen LogP contribution in [0.3, 0.4) is 0 Å². The van der Waals surface area contributed by atoms with Crippen molar-refractivity contribution in [1.29, 1.82) is 0 Å². The summed E-state index contributed by atoms with van der Waals surface area (Å²) in [6.45, 7) is 0.159. The number of hydrogen-bond acceptors (Lipinski definition) is 10. The average Bonchev–Trinajstić information content (AvgIpc) is 3.24. The minimum absolute atomic E-state index is 0.0287. The lowest BCUT2D eigenvalue weighted by molar-refractivity contribution is -0.0511. The fourth-order valence-electron chi connectivity index (χ4n) is 3.36. The number of nitrogens with zero attached hydrogens (tertiary/aromatic N) is 4. The van der Waals surface area contributed by atoms with Gasteiger partial charge in [-0.2, -0.15) is 9.97 Å². The summed E-state index contributed by atoms with van der Waals surface area (Å²) >= 11 is 0. The second-order valence-corrected chi connectivity index (χ2v) is 6.90. The van der Waals surface area contributed by atoms with E-state index in [-0.39, 0.29) is 5.95 Å². The van der Waals surface area contributed by atoms with Crippen LogP contribution in [0.15, 0.2) is 30.6 Å². The van der Waals surface area contributed by atoms with Gasteiger partial charge in [-0.25, -0.2) is 4.98 Å². The molecule has 2 aromatic heterocycles. The Balaban J connectivity index is 1.56. The third-order valence-corrected chi connectivity index (χ3v) is 4.92. The molecule has 0 unspecified atom stereocenters. The first-order valence-corrected chi connectivity index (χ1v) is 9.18. The number of ether oxygens (including phenoxy) is 1. The van der Waals surface area contributed by atoms with Crippen molar-refractivity contribution in [2.45, 2.75) is 31.0 Å². The van der Waals surface area contributed by atoms with Gasteiger partial charge in [-0.3, -0.25) is 4.57 Å². The largest absolute Gasteiger partial charge is 0.399 e. The smallest absolute Gasteiger partial charge is 0.224 e. The van der Waals surface area contributed by atoms with Gasteiger partial charge in [-0.05, 0) is 24.1 Å². The zero-order valence-electron chi connectivity index (χ0n) is 15.5. The number of anilines is 3. The van der Waals surface area contributed by atoms with Crippen LogP contribution in [0.2, 0.25) is 0 Å². The Bertz CT molecular complexity index is 994. The number of rotatable bonds is 6. The highest BCUT2D eigenvalue weighted by molar-refractivity contribution is 5.84. The van der Waals surface area contributed by atoms with E-state index < -0.39 is 31.1 Å². The number of imidazole rings is 1. The molecule has 11 nitrogen and oxygen atoms in total. The molecule has 4 atom stereocenters. The van der Waals surface area contributed by atoms with E-state index in [1.165, 1.54) is 10.9 Å². The minimum atomic E-state index is -1.25. The predicted molar refractivity (Wildman–Crippen MR) is 106 cm³/mol. The Hall–Kier alpha value is -2.99. The van der Waals surface area contributed by atoms with Gasteiger partial charge in [0, 0.05) is 12.2 Å². The fourth-order valence-corrected chi connectivity index (χ4v) is 3.36. The first-order chi connectivity index (χ1) is 14.0. The summed E-state index contributed by atoms with van der Waals surface area (Å²) in [6, 6.07) is 7.60. The normalized spacial score (nSPS) is 24.2. The number of hydrogen-bond donors (Lipinski definition) is 6. The topological polar surface area (TPSA) is 178 Å². The van der Waals surface area contributed by atoms with Gasteiger partial charge in [0.2, 0.25) is 5.95 Å². The molecular formula is C18H23N7O4.